The maximum atomic E-state index is 11.8. The van der Waals surface area contributed by atoms with Gasteiger partial charge in [0.25, 0.3) is 5.91 Å². The number of hydrogen-bond acceptors (Lipinski definition) is 4. The minimum Gasteiger partial charge on any atom is -0.396 e. The average Bonchev–Trinajstić information content (AvgIpc) is 2.75. The van der Waals surface area contributed by atoms with E-state index in [9.17, 15) is 4.79 Å². The maximum absolute atomic E-state index is 11.8. The summed E-state index contributed by atoms with van der Waals surface area (Å²) in [5, 5.41) is 6.88. The molecular weight excluding hydrogens is 232 g/mol. The number of carbonyl (C=O) groups excluding carboxylic acids is 1. The van der Waals surface area contributed by atoms with Gasteiger partial charge in [0.05, 0.1) is 5.69 Å². The van der Waals surface area contributed by atoms with Crippen LogP contribution in [0.2, 0.25) is 0 Å². The van der Waals surface area contributed by atoms with E-state index in [0.29, 0.717) is 31.1 Å². The van der Waals surface area contributed by atoms with Crippen molar-refractivity contribution in [1.82, 2.24) is 15.1 Å². The van der Waals surface area contributed by atoms with Crippen LogP contribution in [0.4, 0.5) is 5.69 Å². The largest absolute Gasteiger partial charge is 0.396 e. The van der Waals surface area contributed by atoms with Crippen molar-refractivity contribution in [2.75, 3.05) is 25.5 Å². The van der Waals surface area contributed by atoms with Crippen LogP contribution in [-0.2, 0) is 11.3 Å². The lowest BCUT2D eigenvalue weighted by Crippen LogP contribution is -2.26. The van der Waals surface area contributed by atoms with Crippen LogP contribution in [0.5, 0.6) is 0 Å². The van der Waals surface area contributed by atoms with E-state index < -0.39 is 0 Å². The molecule has 102 valence electrons. The fraction of sp³-hybridized carbons (Fsp3) is 0.667. The molecule has 1 amide bonds. The SMILES string of the molecule is CCCOCCCNC(=O)c1nn(CC)cc1N. The third-order valence-corrected chi connectivity index (χ3v) is 2.43. The summed E-state index contributed by atoms with van der Waals surface area (Å²) in [5.74, 6) is -0.227. The molecule has 0 radical (unpaired) electrons. The number of aryl methyl sites for hydroxylation is 1. The number of amides is 1. The standard InChI is InChI=1S/C12H22N4O2/c1-3-7-18-8-5-6-14-12(17)11-10(13)9-16(4-2)15-11/h9H,3-8,13H2,1-2H3,(H,14,17). The minimum absolute atomic E-state index is 0.227. The molecule has 0 bridgehead atoms. The Kier molecular flexibility index (Phi) is 6.21. The highest BCUT2D eigenvalue weighted by Gasteiger charge is 2.13. The van der Waals surface area contributed by atoms with Crippen molar-refractivity contribution in [2.24, 2.45) is 0 Å². The Morgan fingerprint density at radius 1 is 1.50 bits per heavy atom. The molecule has 1 aromatic heterocycles. The van der Waals surface area contributed by atoms with Crippen molar-refractivity contribution in [3.63, 3.8) is 0 Å². The number of hydrogen-bond donors (Lipinski definition) is 2. The monoisotopic (exact) mass is 254 g/mol. The van der Waals surface area contributed by atoms with Crippen molar-refractivity contribution in [2.45, 2.75) is 33.2 Å². The fourth-order valence-corrected chi connectivity index (χ4v) is 1.48. The third-order valence-electron chi connectivity index (χ3n) is 2.43. The molecule has 0 aliphatic heterocycles. The van der Waals surface area contributed by atoms with Crippen molar-refractivity contribution in [1.29, 1.82) is 0 Å². The molecule has 3 N–H and O–H groups in total. The van der Waals surface area contributed by atoms with Crippen LogP contribution in [-0.4, -0.2) is 35.4 Å². The molecule has 0 aliphatic rings. The first kappa shape index (κ1) is 14.5. The van der Waals surface area contributed by atoms with Gasteiger partial charge in [0, 0.05) is 32.5 Å². The molecule has 0 fully saturated rings. The van der Waals surface area contributed by atoms with E-state index in [2.05, 4.69) is 17.3 Å². The van der Waals surface area contributed by atoms with Gasteiger partial charge in [0.15, 0.2) is 5.69 Å². The Bertz CT molecular complexity index is 376. The summed E-state index contributed by atoms with van der Waals surface area (Å²) >= 11 is 0. The van der Waals surface area contributed by atoms with E-state index in [1.54, 1.807) is 10.9 Å². The van der Waals surface area contributed by atoms with E-state index in [4.69, 9.17) is 10.5 Å². The maximum Gasteiger partial charge on any atom is 0.273 e. The summed E-state index contributed by atoms with van der Waals surface area (Å²) in [5.41, 5.74) is 6.43. The number of nitrogen functional groups attached to an aromatic ring is 1. The van der Waals surface area contributed by atoms with Gasteiger partial charge in [0.2, 0.25) is 0 Å². The van der Waals surface area contributed by atoms with Gasteiger partial charge in [-0.3, -0.25) is 9.48 Å². The number of ether oxygens (including phenoxy) is 1. The minimum atomic E-state index is -0.227. The number of carbonyl (C=O) groups is 1. The molecule has 6 nitrogen and oxygen atoms in total. The summed E-state index contributed by atoms with van der Waals surface area (Å²) in [6.45, 7) is 6.70. The quantitative estimate of drug-likeness (QED) is 0.679. The zero-order valence-electron chi connectivity index (χ0n) is 11.1. The summed E-state index contributed by atoms with van der Waals surface area (Å²) in [7, 11) is 0. The Morgan fingerprint density at radius 2 is 2.28 bits per heavy atom. The number of anilines is 1. The van der Waals surface area contributed by atoms with Crippen molar-refractivity contribution < 1.29 is 9.53 Å². The van der Waals surface area contributed by atoms with Crippen molar-refractivity contribution >= 4 is 11.6 Å². The Morgan fingerprint density at radius 3 is 2.89 bits per heavy atom. The highest BCUT2D eigenvalue weighted by Crippen LogP contribution is 2.08. The van der Waals surface area contributed by atoms with Gasteiger partial charge in [-0.25, -0.2) is 0 Å². The van der Waals surface area contributed by atoms with Gasteiger partial charge in [-0.05, 0) is 19.8 Å². The molecule has 0 saturated carbocycles. The molecule has 1 aromatic rings. The van der Waals surface area contributed by atoms with E-state index >= 15 is 0 Å². The fourth-order valence-electron chi connectivity index (χ4n) is 1.48. The summed E-state index contributed by atoms with van der Waals surface area (Å²) in [6.07, 6.45) is 3.47. The van der Waals surface area contributed by atoms with E-state index in [1.165, 1.54) is 0 Å². The van der Waals surface area contributed by atoms with Crippen molar-refractivity contribution in [3.8, 4) is 0 Å². The Labute approximate surface area is 107 Å². The normalized spacial score (nSPS) is 10.6. The number of nitrogens with one attached hydrogen (secondary N) is 1. The van der Waals surface area contributed by atoms with Crippen LogP contribution in [0.3, 0.4) is 0 Å². The molecule has 0 atom stereocenters. The van der Waals surface area contributed by atoms with Crippen LogP contribution in [0.15, 0.2) is 6.20 Å². The predicted octanol–water partition coefficient (Wildman–Crippen LogP) is 1.03. The van der Waals surface area contributed by atoms with E-state index in [0.717, 1.165) is 19.4 Å². The van der Waals surface area contributed by atoms with Crippen LogP contribution in [0, 0.1) is 0 Å². The smallest absolute Gasteiger partial charge is 0.273 e. The average molecular weight is 254 g/mol. The van der Waals surface area contributed by atoms with E-state index in [-0.39, 0.29) is 5.91 Å². The summed E-state index contributed by atoms with van der Waals surface area (Å²) in [6, 6.07) is 0. The first-order valence-electron chi connectivity index (χ1n) is 6.37. The Balaban J connectivity index is 2.29. The molecule has 0 saturated heterocycles. The molecule has 1 heterocycles. The van der Waals surface area contributed by atoms with Gasteiger partial charge < -0.3 is 15.8 Å². The first-order valence-corrected chi connectivity index (χ1v) is 6.37. The third kappa shape index (κ3) is 4.37. The predicted molar refractivity (Wildman–Crippen MR) is 70.4 cm³/mol. The molecule has 0 unspecified atom stereocenters. The van der Waals surface area contributed by atoms with Gasteiger partial charge in [-0.2, -0.15) is 5.10 Å². The van der Waals surface area contributed by atoms with Crippen molar-refractivity contribution in [3.05, 3.63) is 11.9 Å². The van der Waals surface area contributed by atoms with Crippen LogP contribution in [0.1, 0.15) is 37.2 Å². The van der Waals surface area contributed by atoms with Crippen LogP contribution < -0.4 is 11.1 Å². The molecule has 0 aliphatic carbocycles. The molecule has 1 rings (SSSR count). The lowest BCUT2D eigenvalue weighted by molar-refractivity contribution is 0.0936. The van der Waals surface area contributed by atoms with Crippen LogP contribution in [0.25, 0.3) is 0 Å². The second-order valence-electron chi connectivity index (χ2n) is 4.01. The molecule has 18 heavy (non-hydrogen) atoms. The second-order valence-corrected chi connectivity index (χ2v) is 4.01. The number of nitrogens with two attached hydrogens (primary N) is 1. The lowest BCUT2D eigenvalue weighted by Gasteiger charge is -2.04. The van der Waals surface area contributed by atoms with Gasteiger partial charge >= 0.3 is 0 Å². The number of aromatic nitrogens is 2. The highest BCUT2D eigenvalue weighted by atomic mass is 16.5. The summed E-state index contributed by atoms with van der Waals surface area (Å²) in [4.78, 5) is 11.8. The topological polar surface area (TPSA) is 82.2 Å². The molecule has 0 spiro atoms. The molecule has 0 aromatic carbocycles. The number of nitrogens with zero attached hydrogens (tertiary/aromatic N) is 2. The van der Waals surface area contributed by atoms with Crippen LogP contribution >= 0.6 is 0 Å². The van der Waals surface area contributed by atoms with Gasteiger partial charge in [0.1, 0.15) is 0 Å². The lowest BCUT2D eigenvalue weighted by atomic mass is 10.3. The van der Waals surface area contributed by atoms with Gasteiger partial charge in [-0.15, -0.1) is 0 Å². The molecule has 6 heteroatoms. The van der Waals surface area contributed by atoms with Gasteiger partial charge in [-0.1, -0.05) is 6.92 Å². The molecular formula is C12H22N4O2. The van der Waals surface area contributed by atoms with E-state index in [1.807, 2.05) is 6.92 Å². The number of rotatable bonds is 8. The highest BCUT2D eigenvalue weighted by molar-refractivity contribution is 5.96. The second kappa shape index (κ2) is 7.71. The summed E-state index contributed by atoms with van der Waals surface area (Å²) < 4.78 is 6.97. The first-order chi connectivity index (χ1) is 8.69. The zero-order valence-corrected chi connectivity index (χ0v) is 11.1. The Hall–Kier alpha value is -1.56. The zero-order chi connectivity index (χ0) is 13.4.